The highest BCUT2D eigenvalue weighted by Gasteiger charge is 2.26. The zero-order chi connectivity index (χ0) is 14.5. The fourth-order valence-corrected chi connectivity index (χ4v) is 1.87. The lowest BCUT2D eigenvalue weighted by Gasteiger charge is -2.22. The molecule has 1 N–H and O–H groups in total. The molecule has 0 aliphatic rings. The fraction of sp³-hybridized carbons (Fsp3) is 0.0714. The first-order valence-corrected chi connectivity index (χ1v) is 5.81. The van der Waals surface area contributed by atoms with E-state index in [1.165, 1.54) is 18.2 Å². The van der Waals surface area contributed by atoms with Crippen LogP contribution in [0.5, 0.6) is 0 Å². The van der Waals surface area contributed by atoms with Gasteiger partial charge in [0.1, 0.15) is 0 Å². The van der Waals surface area contributed by atoms with E-state index in [0.29, 0.717) is 5.69 Å². The summed E-state index contributed by atoms with van der Waals surface area (Å²) < 4.78 is 0. The zero-order valence-electron chi connectivity index (χ0n) is 10.4. The molecule has 0 fully saturated rings. The number of benzene rings is 2. The SMILES string of the molecule is N#CC(c1ccccc1[N+](=O)[O-])N(O)c1ccccc1. The zero-order valence-corrected chi connectivity index (χ0v) is 10.4. The molecule has 0 aromatic heterocycles. The highest BCUT2D eigenvalue weighted by atomic mass is 16.6. The molecule has 2 aromatic carbocycles. The summed E-state index contributed by atoms with van der Waals surface area (Å²) in [6, 6.07) is 15.0. The van der Waals surface area contributed by atoms with Crippen molar-refractivity contribution in [3.8, 4) is 6.07 Å². The highest BCUT2D eigenvalue weighted by Crippen LogP contribution is 2.30. The smallest absolute Gasteiger partial charge is 0.275 e. The maximum absolute atomic E-state index is 11.0. The van der Waals surface area contributed by atoms with Crippen molar-refractivity contribution in [1.29, 1.82) is 5.26 Å². The van der Waals surface area contributed by atoms with Crippen LogP contribution in [0, 0.1) is 21.4 Å². The molecular formula is C14H11N3O3. The Labute approximate surface area is 115 Å². The second kappa shape index (κ2) is 5.82. The van der Waals surface area contributed by atoms with E-state index in [1.807, 2.05) is 6.07 Å². The van der Waals surface area contributed by atoms with Gasteiger partial charge in [-0.2, -0.15) is 5.26 Å². The predicted molar refractivity (Wildman–Crippen MR) is 72.2 cm³/mol. The third-order valence-electron chi connectivity index (χ3n) is 2.82. The van der Waals surface area contributed by atoms with Crippen molar-refractivity contribution in [2.24, 2.45) is 0 Å². The molecule has 6 nitrogen and oxygen atoms in total. The molecule has 1 atom stereocenters. The van der Waals surface area contributed by atoms with Crippen molar-refractivity contribution in [3.63, 3.8) is 0 Å². The van der Waals surface area contributed by atoms with Crippen LogP contribution >= 0.6 is 0 Å². The second-order valence-corrected chi connectivity index (χ2v) is 4.03. The lowest BCUT2D eigenvalue weighted by molar-refractivity contribution is -0.385. The summed E-state index contributed by atoms with van der Waals surface area (Å²) in [5, 5.41) is 31.1. The molecule has 2 rings (SSSR count). The van der Waals surface area contributed by atoms with E-state index in [0.717, 1.165) is 5.06 Å². The number of nitrogens with zero attached hydrogens (tertiary/aromatic N) is 3. The van der Waals surface area contributed by atoms with Crippen molar-refractivity contribution in [1.82, 2.24) is 0 Å². The van der Waals surface area contributed by atoms with Crippen molar-refractivity contribution in [2.75, 3.05) is 5.06 Å². The van der Waals surface area contributed by atoms with Gasteiger partial charge in [-0.3, -0.25) is 15.3 Å². The van der Waals surface area contributed by atoms with Crippen LogP contribution in [-0.4, -0.2) is 10.1 Å². The summed E-state index contributed by atoms with van der Waals surface area (Å²) in [6.07, 6.45) is 0. The summed E-state index contributed by atoms with van der Waals surface area (Å²) in [6.45, 7) is 0. The Morgan fingerprint density at radius 2 is 1.75 bits per heavy atom. The predicted octanol–water partition coefficient (Wildman–Crippen LogP) is 3.06. The number of nitro benzene ring substituents is 1. The van der Waals surface area contributed by atoms with E-state index in [2.05, 4.69) is 0 Å². The summed E-state index contributed by atoms with van der Waals surface area (Å²) in [4.78, 5) is 10.4. The minimum atomic E-state index is -1.15. The third kappa shape index (κ3) is 2.58. The number of rotatable bonds is 4. The van der Waals surface area contributed by atoms with Crippen molar-refractivity contribution in [3.05, 3.63) is 70.3 Å². The first-order valence-electron chi connectivity index (χ1n) is 5.81. The molecule has 0 saturated carbocycles. The van der Waals surface area contributed by atoms with E-state index < -0.39 is 11.0 Å². The second-order valence-electron chi connectivity index (χ2n) is 4.03. The summed E-state index contributed by atoms with van der Waals surface area (Å²) in [5.41, 5.74) is 0.331. The normalized spacial score (nSPS) is 11.4. The van der Waals surface area contributed by atoms with Gasteiger partial charge in [0.25, 0.3) is 5.69 Å². The van der Waals surface area contributed by atoms with Gasteiger partial charge in [-0.1, -0.05) is 30.3 Å². The quantitative estimate of drug-likeness (QED) is 0.680. The molecule has 2 aromatic rings. The Morgan fingerprint density at radius 1 is 1.15 bits per heavy atom. The first-order chi connectivity index (χ1) is 9.65. The van der Waals surface area contributed by atoms with Gasteiger partial charge in [-0.05, 0) is 18.2 Å². The molecular weight excluding hydrogens is 258 g/mol. The Kier molecular flexibility index (Phi) is 3.93. The van der Waals surface area contributed by atoms with Gasteiger partial charge in [0.15, 0.2) is 6.04 Å². The fourth-order valence-electron chi connectivity index (χ4n) is 1.87. The van der Waals surface area contributed by atoms with Crippen molar-refractivity contribution in [2.45, 2.75) is 6.04 Å². The molecule has 0 amide bonds. The average molecular weight is 269 g/mol. The number of nitro groups is 1. The van der Waals surface area contributed by atoms with Gasteiger partial charge in [0.05, 0.1) is 22.2 Å². The molecule has 0 aliphatic carbocycles. The number of nitriles is 1. The maximum atomic E-state index is 11.0. The molecule has 100 valence electrons. The van der Waals surface area contributed by atoms with Crippen LogP contribution in [-0.2, 0) is 0 Å². The highest BCUT2D eigenvalue weighted by molar-refractivity contribution is 5.52. The Morgan fingerprint density at radius 3 is 2.35 bits per heavy atom. The van der Waals surface area contributed by atoms with Gasteiger partial charge >= 0.3 is 0 Å². The van der Waals surface area contributed by atoms with Gasteiger partial charge in [-0.15, -0.1) is 0 Å². The first kappa shape index (κ1) is 13.5. The van der Waals surface area contributed by atoms with Crippen LogP contribution in [0.4, 0.5) is 11.4 Å². The Bertz CT molecular complexity index is 652. The lowest BCUT2D eigenvalue weighted by atomic mass is 10.1. The minimum absolute atomic E-state index is 0.145. The minimum Gasteiger partial charge on any atom is -0.287 e. The average Bonchev–Trinajstić information content (AvgIpc) is 2.49. The Balaban J connectivity index is 2.44. The molecule has 1 unspecified atom stereocenters. The molecule has 0 radical (unpaired) electrons. The summed E-state index contributed by atoms with van der Waals surface area (Å²) in [5.74, 6) is 0. The molecule has 0 heterocycles. The molecule has 0 spiro atoms. The molecule has 20 heavy (non-hydrogen) atoms. The topological polar surface area (TPSA) is 90.4 Å². The third-order valence-corrected chi connectivity index (χ3v) is 2.82. The number of para-hydroxylation sites is 2. The Hall–Kier alpha value is -2.91. The van der Waals surface area contributed by atoms with Crippen molar-refractivity contribution >= 4 is 11.4 Å². The van der Waals surface area contributed by atoms with E-state index in [4.69, 9.17) is 0 Å². The monoisotopic (exact) mass is 269 g/mol. The number of hydrogen-bond acceptors (Lipinski definition) is 5. The number of hydrogen-bond donors (Lipinski definition) is 1. The lowest BCUT2D eigenvalue weighted by Crippen LogP contribution is -2.24. The van der Waals surface area contributed by atoms with E-state index in [9.17, 15) is 20.6 Å². The van der Waals surface area contributed by atoms with Crippen LogP contribution in [0.15, 0.2) is 54.6 Å². The molecule has 0 aliphatic heterocycles. The van der Waals surface area contributed by atoms with Crippen LogP contribution in [0.3, 0.4) is 0 Å². The van der Waals surface area contributed by atoms with Crippen LogP contribution in [0.25, 0.3) is 0 Å². The van der Waals surface area contributed by atoms with Gasteiger partial charge in [-0.25, -0.2) is 5.06 Å². The summed E-state index contributed by atoms with van der Waals surface area (Å²) >= 11 is 0. The van der Waals surface area contributed by atoms with Crippen LogP contribution < -0.4 is 5.06 Å². The standard InChI is InChI=1S/C14H11N3O3/c15-10-14(16(18)11-6-2-1-3-7-11)12-8-4-5-9-13(12)17(19)20/h1-9,14,18H. The largest absolute Gasteiger partial charge is 0.287 e. The number of hydroxylamine groups is 1. The molecule has 0 bridgehead atoms. The molecule has 6 heteroatoms. The van der Waals surface area contributed by atoms with Gasteiger partial charge in [0.2, 0.25) is 0 Å². The van der Waals surface area contributed by atoms with Crippen LogP contribution in [0.1, 0.15) is 11.6 Å². The van der Waals surface area contributed by atoms with Crippen LogP contribution in [0.2, 0.25) is 0 Å². The van der Waals surface area contributed by atoms with Gasteiger partial charge < -0.3 is 0 Å². The van der Waals surface area contributed by atoms with E-state index in [-0.39, 0.29) is 11.3 Å². The van der Waals surface area contributed by atoms with Crippen molar-refractivity contribution < 1.29 is 10.1 Å². The maximum Gasteiger partial charge on any atom is 0.275 e. The number of anilines is 1. The summed E-state index contributed by atoms with van der Waals surface area (Å²) in [7, 11) is 0. The molecule has 0 saturated heterocycles. The van der Waals surface area contributed by atoms with E-state index >= 15 is 0 Å². The van der Waals surface area contributed by atoms with E-state index in [1.54, 1.807) is 36.4 Å². The van der Waals surface area contributed by atoms with Gasteiger partial charge in [0, 0.05) is 6.07 Å².